The van der Waals surface area contributed by atoms with Crippen molar-refractivity contribution in [3.05, 3.63) is 12.2 Å². The van der Waals surface area contributed by atoms with E-state index in [4.69, 9.17) is 0 Å². The fraction of sp³-hybridized carbons (Fsp3) is 0.778. The summed E-state index contributed by atoms with van der Waals surface area (Å²) in [5.74, 6) is 0.977. The average Bonchev–Trinajstić information content (AvgIpc) is 2.75. The number of aromatic amines is 1. The molecular formula is C9H16N4. The van der Waals surface area contributed by atoms with Crippen LogP contribution in [0.4, 0.5) is 0 Å². The number of aromatic nitrogens is 3. The molecule has 0 aromatic carbocycles. The van der Waals surface area contributed by atoms with Gasteiger partial charge in [-0.25, -0.2) is 4.98 Å². The SMILES string of the molecule is c1n[nH]c(CCNC2CCCC2)n1. The van der Waals surface area contributed by atoms with Gasteiger partial charge in [-0.2, -0.15) is 5.10 Å². The van der Waals surface area contributed by atoms with E-state index in [-0.39, 0.29) is 0 Å². The van der Waals surface area contributed by atoms with E-state index in [1.165, 1.54) is 25.7 Å². The molecule has 13 heavy (non-hydrogen) atoms. The van der Waals surface area contributed by atoms with Gasteiger partial charge >= 0.3 is 0 Å². The highest BCUT2D eigenvalue weighted by Crippen LogP contribution is 2.17. The van der Waals surface area contributed by atoms with Crippen molar-refractivity contribution in [2.45, 2.75) is 38.1 Å². The summed E-state index contributed by atoms with van der Waals surface area (Å²) in [6, 6.07) is 0.753. The molecule has 1 fully saturated rings. The summed E-state index contributed by atoms with van der Waals surface area (Å²) in [6.07, 6.45) is 7.98. The number of nitrogens with zero attached hydrogens (tertiary/aromatic N) is 2. The van der Waals surface area contributed by atoms with Crippen molar-refractivity contribution in [2.75, 3.05) is 6.54 Å². The van der Waals surface area contributed by atoms with Gasteiger partial charge in [0.2, 0.25) is 0 Å². The molecule has 0 spiro atoms. The lowest BCUT2D eigenvalue weighted by molar-refractivity contribution is 0.524. The van der Waals surface area contributed by atoms with Crippen molar-refractivity contribution in [3.63, 3.8) is 0 Å². The topological polar surface area (TPSA) is 53.6 Å². The summed E-state index contributed by atoms with van der Waals surface area (Å²) in [4.78, 5) is 4.07. The van der Waals surface area contributed by atoms with Crippen LogP contribution in [0, 0.1) is 0 Å². The standard InChI is InChI=1S/C9H16N4/c1-2-4-8(3-1)10-6-5-9-11-7-12-13-9/h7-8,10H,1-6H2,(H,11,12,13). The maximum Gasteiger partial charge on any atom is 0.137 e. The highest BCUT2D eigenvalue weighted by Gasteiger charge is 2.13. The largest absolute Gasteiger partial charge is 0.314 e. The molecule has 1 aliphatic carbocycles. The number of H-pyrrole nitrogens is 1. The maximum absolute atomic E-state index is 4.07. The zero-order valence-corrected chi connectivity index (χ0v) is 7.79. The Labute approximate surface area is 78.1 Å². The molecule has 1 heterocycles. The van der Waals surface area contributed by atoms with E-state index in [9.17, 15) is 0 Å². The van der Waals surface area contributed by atoms with Crippen molar-refractivity contribution >= 4 is 0 Å². The smallest absolute Gasteiger partial charge is 0.137 e. The number of nitrogens with one attached hydrogen (secondary N) is 2. The molecule has 1 saturated carbocycles. The van der Waals surface area contributed by atoms with E-state index in [0.717, 1.165) is 24.8 Å². The van der Waals surface area contributed by atoms with Crippen molar-refractivity contribution in [2.24, 2.45) is 0 Å². The van der Waals surface area contributed by atoms with Crippen LogP contribution in [-0.2, 0) is 6.42 Å². The lowest BCUT2D eigenvalue weighted by Gasteiger charge is -2.09. The molecule has 4 heteroatoms. The van der Waals surface area contributed by atoms with E-state index in [1.54, 1.807) is 6.33 Å². The Bertz CT molecular complexity index is 226. The lowest BCUT2D eigenvalue weighted by Crippen LogP contribution is -2.28. The molecule has 1 aromatic rings. The summed E-state index contributed by atoms with van der Waals surface area (Å²) in [6.45, 7) is 1.01. The Morgan fingerprint density at radius 2 is 2.31 bits per heavy atom. The Morgan fingerprint density at radius 1 is 1.46 bits per heavy atom. The molecule has 4 nitrogen and oxygen atoms in total. The second-order valence-corrected chi connectivity index (χ2v) is 3.62. The van der Waals surface area contributed by atoms with Gasteiger partial charge in [-0.3, -0.25) is 5.10 Å². The Morgan fingerprint density at radius 3 is 3.00 bits per heavy atom. The molecule has 0 bridgehead atoms. The highest BCUT2D eigenvalue weighted by atomic mass is 15.2. The molecular weight excluding hydrogens is 164 g/mol. The second kappa shape index (κ2) is 4.37. The molecule has 72 valence electrons. The number of hydrogen-bond donors (Lipinski definition) is 2. The van der Waals surface area contributed by atoms with Gasteiger partial charge < -0.3 is 5.32 Å². The van der Waals surface area contributed by atoms with Crippen LogP contribution in [0.3, 0.4) is 0 Å². The van der Waals surface area contributed by atoms with Crippen molar-refractivity contribution in [1.82, 2.24) is 20.5 Å². The Hall–Kier alpha value is -0.900. The van der Waals surface area contributed by atoms with Gasteiger partial charge in [0.25, 0.3) is 0 Å². The molecule has 1 aromatic heterocycles. The first-order valence-corrected chi connectivity index (χ1v) is 5.03. The summed E-state index contributed by atoms with van der Waals surface area (Å²) < 4.78 is 0. The predicted octanol–water partition coefficient (Wildman–Crippen LogP) is 0.879. The summed E-state index contributed by atoms with van der Waals surface area (Å²) in [5, 5.41) is 10.2. The van der Waals surface area contributed by atoms with Crippen LogP contribution in [0.5, 0.6) is 0 Å². The minimum atomic E-state index is 0.753. The zero-order chi connectivity index (χ0) is 8.93. The van der Waals surface area contributed by atoms with E-state index in [2.05, 4.69) is 20.5 Å². The first-order valence-electron chi connectivity index (χ1n) is 5.03. The van der Waals surface area contributed by atoms with Crippen LogP contribution < -0.4 is 5.32 Å². The lowest BCUT2D eigenvalue weighted by atomic mass is 10.2. The van der Waals surface area contributed by atoms with E-state index in [1.807, 2.05) is 0 Å². The minimum absolute atomic E-state index is 0.753. The summed E-state index contributed by atoms with van der Waals surface area (Å²) in [5.41, 5.74) is 0. The molecule has 0 saturated heterocycles. The van der Waals surface area contributed by atoms with Crippen LogP contribution in [0.2, 0.25) is 0 Å². The molecule has 0 unspecified atom stereocenters. The van der Waals surface area contributed by atoms with Gasteiger partial charge in [-0.15, -0.1) is 0 Å². The molecule has 0 atom stereocenters. The van der Waals surface area contributed by atoms with Gasteiger partial charge in [0, 0.05) is 19.0 Å². The van der Waals surface area contributed by atoms with Gasteiger partial charge in [0.1, 0.15) is 12.2 Å². The highest BCUT2D eigenvalue weighted by molar-refractivity contribution is 4.82. The zero-order valence-electron chi connectivity index (χ0n) is 7.79. The third-order valence-electron chi connectivity index (χ3n) is 2.61. The van der Waals surface area contributed by atoms with Crippen molar-refractivity contribution in [1.29, 1.82) is 0 Å². The molecule has 2 N–H and O–H groups in total. The predicted molar refractivity (Wildman–Crippen MR) is 50.3 cm³/mol. The van der Waals surface area contributed by atoms with Crippen LogP contribution >= 0.6 is 0 Å². The fourth-order valence-electron chi connectivity index (χ4n) is 1.88. The molecule has 0 aliphatic heterocycles. The van der Waals surface area contributed by atoms with Crippen molar-refractivity contribution in [3.8, 4) is 0 Å². The Kier molecular flexibility index (Phi) is 2.92. The van der Waals surface area contributed by atoms with E-state index in [0.29, 0.717) is 0 Å². The van der Waals surface area contributed by atoms with Crippen LogP contribution in [0.25, 0.3) is 0 Å². The minimum Gasteiger partial charge on any atom is -0.314 e. The van der Waals surface area contributed by atoms with Gasteiger partial charge in [0.05, 0.1) is 0 Å². The monoisotopic (exact) mass is 180 g/mol. The quantitative estimate of drug-likeness (QED) is 0.723. The summed E-state index contributed by atoms with van der Waals surface area (Å²) >= 11 is 0. The van der Waals surface area contributed by atoms with Gasteiger partial charge in [-0.1, -0.05) is 12.8 Å². The summed E-state index contributed by atoms with van der Waals surface area (Å²) in [7, 11) is 0. The molecule has 0 amide bonds. The average molecular weight is 180 g/mol. The van der Waals surface area contributed by atoms with E-state index >= 15 is 0 Å². The van der Waals surface area contributed by atoms with Crippen LogP contribution in [0.1, 0.15) is 31.5 Å². The maximum atomic E-state index is 4.07. The third kappa shape index (κ3) is 2.52. The van der Waals surface area contributed by atoms with Crippen molar-refractivity contribution < 1.29 is 0 Å². The molecule has 1 aliphatic rings. The van der Waals surface area contributed by atoms with Crippen LogP contribution in [-0.4, -0.2) is 27.8 Å². The fourth-order valence-corrected chi connectivity index (χ4v) is 1.88. The third-order valence-corrected chi connectivity index (χ3v) is 2.61. The van der Waals surface area contributed by atoms with Crippen LogP contribution in [0.15, 0.2) is 6.33 Å². The van der Waals surface area contributed by atoms with Gasteiger partial charge in [0.15, 0.2) is 0 Å². The molecule has 0 radical (unpaired) electrons. The number of rotatable bonds is 4. The Balaban J connectivity index is 1.63. The van der Waals surface area contributed by atoms with Gasteiger partial charge in [-0.05, 0) is 12.8 Å². The second-order valence-electron chi connectivity index (χ2n) is 3.62. The first kappa shape index (κ1) is 8.69. The normalized spacial score (nSPS) is 18.2. The number of hydrogen-bond acceptors (Lipinski definition) is 3. The molecule has 2 rings (SSSR count). The first-order chi connectivity index (χ1) is 6.45. The van der Waals surface area contributed by atoms with E-state index < -0.39 is 0 Å².